The number of hydrogen-bond acceptors (Lipinski definition) is 9. The lowest BCUT2D eigenvalue weighted by atomic mass is 9.64. The summed E-state index contributed by atoms with van der Waals surface area (Å²) >= 11 is 0. The maximum Gasteiger partial charge on any atom is 0.163 e. The number of carbonyl (C=O) groups excluding carboxylic acids is 2. The minimum atomic E-state index is -0.253. The number of benzene rings is 3. The number of methoxy groups -OCH3 is 1. The first-order valence-electron chi connectivity index (χ1n) is 22.7. The molecule has 0 amide bonds. The zero-order chi connectivity index (χ0) is 43.0. The Bertz CT molecular complexity index is 2050. The van der Waals surface area contributed by atoms with Gasteiger partial charge >= 0.3 is 0 Å². The Labute approximate surface area is 363 Å². The van der Waals surface area contributed by atoms with Crippen LogP contribution in [0.5, 0.6) is 11.5 Å². The van der Waals surface area contributed by atoms with Crippen molar-refractivity contribution in [2.45, 2.75) is 102 Å². The molecule has 1 saturated heterocycles. The van der Waals surface area contributed by atoms with Crippen LogP contribution in [0.25, 0.3) is 6.08 Å². The van der Waals surface area contributed by atoms with E-state index in [0.717, 1.165) is 105 Å². The van der Waals surface area contributed by atoms with Crippen molar-refractivity contribution in [2.75, 3.05) is 39.6 Å². The molecule has 2 fully saturated rings. The van der Waals surface area contributed by atoms with Crippen molar-refractivity contribution in [3.8, 4) is 11.5 Å². The van der Waals surface area contributed by atoms with Crippen LogP contribution in [-0.2, 0) is 41.7 Å². The number of fused-ring (bicyclic) bond motifs is 1. The molecule has 1 aliphatic carbocycles. The third kappa shape index (κ3) is 13.6. The summed E-state index contributed by atoms with van der Waals surface area (Å²) in [7, 11) is 3.59. The Morgan fingerprint density at radius 1 is 0.918 bits per heavy atom. The van der Waals surface area contributed by atoms with Crippen molar-refractivity contribution in [1.82, 2.24) is 15.6 Å². The van der Waals surface area contributed by atoms with E-state index in [1.807, 2.05) is 12.1 Å². The fourth-order valence-corrected chi connectivity index (χ4v) is 10.1. The molecule has 6 rings (SSSR count). The number of piperidine rings is 1. The smallest absolute Gasteiger partial charge is 0.163 e. The highest BCUT2D eigenvalue weighted by atomic mass is 16.5. The van der Waals surface area contributed by atoms with E-state index in [-0.39, 0.29) is 30.3 Å². The van der Waals surface area contributed by atoms with Gasteiger partial charge in [-0.25, -0.2) is 4.98 Å². The summed E-state index contributed by atoms with van der Waals surface area (Å²) in [6.07, 6.45) is 17.5. The number of nitrogens with two attached hydrogens (primary N) is 1. The molecule has 1 saturated carbocycles. The van der Waals surface area contributed by atoms with Gasteiger partial charge in [-0.15, -0.1) is 0 Å². The van der Waals surface area contributed by atoms with Gasteiger partial charge in [0.05, 0.1) is 13.5 Å². The average molecular weight is 829 g/mol. The number of anilines is 1. The number of allylic oxidation sites excluding steroid dienone is 1. The number of Topliss-reactive ketones (excluding diaryl/α,β-unsaturated/α-hetero) is 1. The number of aryl methyl sites for hydroxylation is 4. The first kappa shape index (κ1) is 45.7. The van der Waals surface area contributed by atoms with Gasteiger partial charge in [-0.1, -0.05) is 67.1 Å². The third-order valence-electron chi connectivity index (χ3n) is 13.4. The third-order valence-corrected chi connectivity index (χ3v) is 13.4. The lowest BCUT2D eigenvalue weighted by Gasteiger charge is -2.47. The number of nitrogens with zero attached hydrogens (tertiary/aromatic N) is 1. The number of ether oxygens (including phenoxy) is 1. The van der Waals surface area contributed by atoms with Crippen molar-refractivity contribution in [3.05, 3.63) is 124 Å². The van der Waals surface area contributed by atoms with E-state index in [9.17, 15) is 19.8 Å². The SMILES string of the molecule is CN[C@@H]1CC[C@@H]2CNCC[C@@H]2[C@@H]1C[C@H](CCCO)CCCC(=O)CC(=O)/C=C\c1cc(OC)c(O)cc1Cc1cnc(N)cc1CCc1cccc(CCc2ccccc2)c1. The molecule has 0 unspecified atom stereocenters. The number of aliphatic hydroxyl groups is 1. The van der Waals surface area contributed by atoms with Gasteiger partial charge in [0.15, 0.2) is 17.3 Å². The van der Waals surface area contributed by atoms with E-state index in [2.05, 4.69) is 71.2 Å². The Morgan fingerprint density at radius 2 is 1.67 bits per heavy atom. The Morgan fingerprint density at radius 3 is 2.44 bits per heavy atom. The van der Waals surface area contributed by atoms with Crippen LogP contribution in [0, 0.1) is 23.7 Å². The number of nitrogen functional groups attached to an aromatic ring is 1. The highest BCUT2D eigenvalue weighted by molar-refractivity contribution is 6.06. The first-order chi connectivity index (χ1) is 29.7. The van der Waals surface area contributed by atoms with Gasteiger partial charge in [0, 0.05) is 25.3 Å². The number of pyridine rings is 1. The fourth-order valence-electron chi connectivity index (χ4n) is 10.1. The lowest BCUT2D eigenvalue weighted by Crippen LogP contribution is -2.50. The Kier molecular flexibility index (Phi) is 17.5. The molecule has 9 nitrogen and oxygen atoms in total. The van der Waals surface area contributed by atoms with Gasteiger partial charge in [-0.05, 0) is 184 Å². The monoisotopic (exact) mass is 829 g/mol. The van der Waals surface area contributed by atoms with Gasteiger partial charge in [-0.2, -0.15) is 0 Å². The van der Waals surface area contributed by atoms with Crippen LogP contribution >= 0.6 is 0 Å². The number of carbonyl (C=O) groups is 2. The number of aromatic nitrogens is 1. The molecular formula is C52H68N4O5. The number of nitrogens with one attached hydrogen (secondary N) is 2. The van der Waals surface area contributed by atoms with Gasteiger partial charge in [0.25, 0.3) is 0 Å². The Hall–Kier alpha value is -4.83. The van der Waals surface area contributed by atoms with Gasteiger partial charge in [0.1, 0.15) is 11.6 Å². The Balaban J connectivity index is 1.06. The van der Waals surface area contributed by atoms with Crippen LogP contribution in [0.15, 0.2) is 85.1 Å². The van der Waals surface area contributed by atoms with Crippen molar-refractivity contribution >= 4 is 23.5 Å². The summed E-state index contributed by atoms with van der Waals surface area (Å²) in [6.45, 7) is 2.39. The largest absolute Gasteiger partial charge is 0.504 e. The van der Waals surface area contributed by atoms with Crippen LogP contribution < -0.4 is 21.1 Å². The van der Waals surface area contributed by atoms with E-state index < -0.39 is 0 Å². The summed E-state index contributed by atoms with van der Waals surface area (Å²) in [5, 5.41) is 27.7. The molecule has 0 spiro atoms. The molecule has 2 heterocycles. The highest BCUT2D eigenvalue weighted by Crippen LogP contribution is 2.43. The van der Waals surface area contributed by atoms with Crippen LogP contribution in [0.3, 0.4) is 0 Å². The number of phenols is 1. The first-order valence-corrected chi connectivity index (χ1v) is 22.7. The van der Waals surface area contributed by atoms with Crippen LogP contribution in [0.1, 0.15) is 103 Å². The molecule has 5 atom stereocenters. The van der Waals surface area contributed by atoms with Gasteiger partial charge < -0.3 is 31.3 Å². The van der Waals surface area contributed by atoms with Crippen molar-refractivity contribution < 1.29 is 24.5 Å². The number of phenolic OH excluding ortho intramolecular Hbond substituents is 1. The number of aromatic hydroxyl groups is 1. The molecule has 1 aromatic heterocycles. The predicted octanol–water partition coefficient (Wildman–Crippen LogP) is 8.25. The van der Waals surface area contributed by atoms with Gasteiger partial charge in [0.2, 0.25) is 0 Å². The molecule has 0 bridgehead atoms. The molecular weight excluding hydrogens is 761 g/mol. The zero-order valence-corrected chi connectivity index (χ0v) is 36.4. The summed E-state index contributed by atoms with van der Waals surface area (Å²) in [4.78, 5) is 30.8. The second-order valence-corrected chi connectivity index (χ2v) is 17.5. The summed E-state index contributed by atoms with van der Waals surface area (Å²) in [5.74, 6) is 2.97. The van der Waals surface area contributed by atoms with E-state index in [1.165, 1.54) is 49.1 Å². The second-order valence-electron chi connectivity index (χ2n) is 17.5. The van der Waals surface area contributed by atoms with E-state index in [1.54, 1.807) is 24.4 Å². The molecule has 61 heavy (non-hydrogen) atoms. The number of ketones is 2. The molecule has 6 N–H and O–H groups in total. The zero-order valence-electron chi connectivity index (χ0n) is 36.4. The van der Waals surface area contributed by atoms with Crippen molar-refractivity contribution in [3.63, 3.8) is 0 Å². The molecule has 2 aliphatic rings. The minimum absolute atomic E-state index is 0.00579. The summed E-state index contributed by atoms with van der Waals surface area (Å²) < 4.78 is 5.44. The lowest BCUT2D eigenvalue weighted by molar-refractivity contribution is -0.124. The molecule has 326 valence electrons. The molecule has 4 aromatic rings. The standard InChI is InChI=1S/C52H68N4O5/c1-54-49-23-21-42-34-55-25-24-47(42)48(49)28-37(14-8-26-57)13-7-15-45(58)33-46(59)22-20-40-31-51(61-2)50(60)30-43(40)29-44-35-56-52(53)32-41(44)19-18-39-12-6-11-38(27-39)17-16-36-9-4-3-5-10-36/h3-6,9-12,20,22,27,30-32,35,37,42,47-49,54-55,57,60H,7-8,13-19,21,23-26,28-29,33-34H2,1-2H3,(H2,53,56)/b22-20-/t37-,42+,47-,48-,49+/m0/s1. The second kappa shape index (κ2) is 23.4. The maximum absolute atomic E-state index is 13.2. The van der Waals surface area contributed by atoms with E-state index in [4.69, 9.17) is 10.5 Å². The molecule has 9 heteroatoms. The number of aliphatic hydroxyl groups excluding tert-OH is 1. The van der Waals surface area contributed by atoms with Crippen LogP contribution in [0.4, 0.5) is 5.82 Å². The van der Waals surface area contributed by atoms with Crippen molar-refractivity contribution in [2.24, 2.45) is 23.7 Å². The fraction of sp³-hybridized carbons (Fsp3) is 0.481. The van der Waals surface area contributed by atoms with E-state index in [0.29, 0.717) is 42.3 Å². The minimum Gasteiger partial charge on any atom is -0.504 e. The van der Waals surface area contributed by atoms with Crippen LogP contribution in [0.2, 0.25) is 0 Å². The number of hydrogen-bond donors (Lipinski definition) is 5. The predicted molar refractivity (Wildman–Crippen MR) is 246 cm³/mol. The summed E-state index contributed by atoms with van der Waals surface area (Å²) in [6, 6.07) is 25.2. The topological polar surface area (TPSA) is 147 Å². The molecule has 0 radical (unpaired) electrons. The average Bonchev–Trinajstić information content (AvgIpc) is 3.27. The quantitative estimate of drug-likeness (QED) is 0.0369. The normalized spacial score (nSPS) is 19.4. The van der Waals surface area contributed by atoms with Crippen molar-refractivity contribution in [1.29, 1.82) is 0 Å². The van der Waals surface area contributed by atoms with Gasteiger partial charge in [-0.3, -0.25) is 9.59 Å². The maximum atomic E-state index is 13.2. The molecule has 1 aliphatic heterocycles. The summed E-state index contributed by atoms with van der Waals surface area (Å²) in [5.41, 5.74) is 13.7. The van der Waals surface area contributed by atoms with E-state index >= 15 is 0 Å². The molecule has 3 aromatic carbocycles. The number of rotatable bonds is 23. The van der Waals surface area contributed by atoms with Crippen LogP contribution in [-0.4, -0.2) is 66.7 Å². The highest BCUT2D eigenvalue weighted by Gasteiger charge is 2.40.